The second-order valence-electron chi connectivity index (χ2n) is 14.2. The zero-order chi connectivity index (χ0) is 38.9. The maximum absolute atomic E-state index is 10.5. The van der Waals surface area contributed by atoms with E-state index in [9.17, 15) is 30.6 Å². The molecule has 0 saturated carbocycles. The quantitative estimate of drug-likeness (QED) is 0.0735. The molecule has 302 valence electrons. The minimum absolute atomic E-state index is 0.166. The molecule has 0 aliphatic carbocycles. The van der Waals surface area contributed by atoms with Crippen LogP contribution in [0.3, 0.4) is 0 Å². The van der Waals surface area contributed by atoms with Gasteiger partial charge in [0.2, 0.25) is 0 Å². The van der Waals surface area contributed by atoms with Crippen LogP contribution in [-0.4, -0.2) is 150 Å². The Hall–Kier alpha value is -3.15. The molecular weight excluding hydrogens is 718 g/mol. The van der Waals surface area contributed by atoms with E-state index in [1.807, 2.05) is 48.5 Å². The van der Waals surface area contributed by atoms with Crippen molar-refractivity contribution >= 4 is 0 Å². The lowest BCUT2D eigenvalue weighted by Gasteiger charge is -2.47. The molecule has 0 radical (unpaired) electrons. The highest BCUT2D eigenvalue weighted by atomic mass is 16.7. The summed E-state index contributed by atoms with van der Waals surface area (Å²) in [5, 5.41) is 64.4. The molecule has 3 fully saturated rings. The second kappa shape index (κ2) is 19.8. The number of aliphatic hydroxyl groups is 6. The van der Waals surface area contributed by atoms with Gasteiger partial charge in [-0.1, -0.05) is 18.2 Å². The molecule has 6 unspecified atom stereocenters. The van der Waals surface area contributed by atoms with Gasteiger partial charge in [0.15, 0.2) is 18.9 Å². The van der Waals surface area contributed by atoms with Gasteiger partial charge in [0.05, 0.1) is 67.2 Å². The van der Waals surface area contributed by atoms with Gasteiger partial charge in [-0.2, -0.15) is 0 Å². The summed E-state index contributed by atoms with van der Waals surface area (Å²) in [4.78, 5) is 16.0. The minimum Gasteiger partial charge on any atom is -0.394 e. The van der Waals surface area contributed by atoms with E-state index < -0.39 is 99.5 Å². The van der Waals surface area contributed by atoms with E-state index in [0.717, 1.165) is 22.6 Å². The van der Waals surface area contributed by atoms with Gasteiger partial charge in [-0.15, -0.1) is 0 Å². The van der Waals surface area contributed by atoms with Crippen LogP contribution < -0.4 is 16.8 Å². The van der Waals surface area contributed by atoms with Crippen molar-refractivity contribution in [1.29, 1.82) is 0 Å². The van der Waals surface area contributed by atoms with Gasteiger partial charge in [0, 0.05) is 44.8 Å². The van der Waals surface area contributed by atoms with E-state index in [1.54, 1.807) is 18.6 Å². The molecule has 3 aromatic rings. The van der Waals surface area contributed by atoms with Crippen molar-refractivity contribution in [2.45, 2.75) is 119 Å². The van der Waals surface area contributed by atoms with Gasteiger partial charge in [0.25, 0.3) is 0 Å². The molecular formula is C37H53N7O11. The number of rotatable bonds is 16. The first-order chi connectivity index (χ1) is 26.6. The zero-order valence-electron chi connectivity index (χ0n) is 30.4. The number of hydrogen-bond donors (Lipinski definition) is 9. The minimum atomic E-state index is -1.44. The van der Waals surface area contributed by atoms with Crippen molar-refractivity contribution in [2.75, 3.05) is 19.8 Å². The molecule has 6 heterocycles. The number of aliphatic hydroxyl groups excluding tert-OH is 6. The lowest BCUT2D eigenvalue weighted by atomic mass is 9.96. The van der Waals surface area contributed by atoms with Gasteiger partial charge < -0.3 is 71.1 Å². The Labute approximate surface area is 319 Å². The number of aromatic nitrogens is 3. The molecule has 0 spiro atoms. The Morgan fingerprint density at radius 3 is 1.85 bits per heavy atom. The predicted molar refractivity (Wildman–Crippen MR) is 193 cm³/mol. The molecule has 6 rings (SSSR count). The number of ether oxygens (including phenoxy) is 5. The van der Waals surface area contributed by atoms with Crippen molar-refractivity contribution in [1.82, 2.24) is 25.2 Å². The molecule has 0 bridgehead atoms. The Bertz CT molecular complexity index is 1530. The van der Waals surface area contributed by atoms with E-state index in [2.05, 4.69) is 20.2 Å². The fraction of sp³-hybridized carbons (Fsp3) is 0.595. The summed E-state index contributed by atoms with van der Waals surface area (Å²) in [6.07, 6.45) is -5.27. The van der Waals surface area contributed by atoms with Crippen LogP contribution >= 0.6 is 0 Å². The van der Waals surface area contributed by atoms with Crippen LogP contribution in [0.5, 0.6) is 0 Å². The normalized spacial score (nSPS) is 34.2. The third-order valence-electron chi connectivity index (χ3n) is 10.1. The standard InChI is InChI=1S/C37H53N7O11/c38-25-11-27(29(18-45)51-35(25)50)52-36-26(12-28(30(19-46)54-36)53-37-32(39)34(49)33(48)31(20-47)55-37)43-14-21-7-8-24(42-13-21)17-44(15-22-5-1-3-9-40-22)16-23-6-2-4-10-41-23/h1-10,13,25-37,43,45-50H,11-12,14-20,38-39H2/t25?,26?,27-,28-,29?,30?,31?,32?,33+,34+,35+,36+,37+/m0/s1. The molecule has 13 atom stereocenters. The largest absolute Gasteiger partial charge is 0.394 e. The summed E-state index contributed by atoms with van der Waals surface area (Å²) in [6.45, 7) is 0.574. The Kier molecular flexibility index (Phi) is 14.9. The fourth-order valence-corrected chi connectivity index (χ4v) is 7.00. The van der Waals surface area contributed by atoms with Crippen LogP contribution in [0.4, 0.5) is 0 Å². The van der Waals surface area contributed by atoms with Crippen molar-refractivity contribution in [2.24, 2.45) is 11.5 Å². The lowest BCUT2D eigenvalue weighted by molar-refractivity contribution is -0.326. The molecule has 11 N–H and O–H groups in total. The summed E-state index contributed by atoms with van der Waals surface area (Å²) >= 11 is 0. The van der Waals surface area contributed by atoms with Gasteiger partial charge in [-0.3, -0.25) is 19.9 Å². The maximum Gasteiger partial charge on any atom is 0.176 e. The number of hydrogen-bond acceptors (Lipinski definition) is 18. The third kappa shape index (κ3) is 10.8. The molecule has 0 amide bonds. The molecule has 55 heavy (non-hydrogen) atoms. The number of pyridine rings is 3. The second-order valence-corrected chi connectivity index (χ2v) is 14.2. The van der Waals surface area contributed by atoms with Crippen molar-refractivity contribution < 1.29 is 54.3 Å². The molecule has 3 aliphatic heterocycles. The van der Waals surface area contributed by atoms with Crippen LogP contribution in [0.2, 0.25) is 0 Å². The summed E-state index contributed by atoms with van der Waals surface area (Å²) in [5.74, 6) is 0. The van der Waals surface area contributed by atoms with E-state index in [4.69, 9.17) is 40.1 Å². The average Bonchev–Trinajstić information content (AvgIpc) is 3.20. The summed E-state index contributed by atoms with van der Waals surface area (Å²) in [6, 6.07) is 13.0. The van der Waals surface area contributed by atoms with Crippen molar-refractivity contribution in [3.8, 4) is 0 Å². The van der Waals surface area contributed by atoms with Gasteiger partial charge in [0.1, 0.15) is 30.5 Å². The van der Waals surface area contributed by atoms with Crippen molar-refractivity contribution in [3.63, 3.8) is 0 Å². The SMILES string of the molecule is NC1C[C@H](O[C@@H]2OC(CO)[C@@H](O[C@@H]3OC(CO)[C@@H](O)[C@H](O)C3N)CC2NCc2ccc(CN(Cc3ccccn3)Cc3ccccn3)nc2)C(CO)O[C@H]1O. The van der Waals surface area contributed by atoms with Crippen molar-refractivity contribution in [3.05, 3.63) is 89.8 Å². The molecule has 3 saturated heterocycles. The first-order valence-electron chi connectivity index (χ1n) is 18.5. The summed E-state index contributed by atoms with van der Waals surface area (Å²) < 4.78 is 30.0. The van der Waals surface area contributed by atoms with Gasteiger partial charge in [-0.25, -0.2) is 0 Å². The smallest absolute Gasteiger partial charge is 0.176 e. The molecule has 18 nitrogen and oxygen atoms in total. The number of nitrogens with two attached hydrogens (primary N) is 2. The number of nitrogens with zero attached hydrogens (tertiary/aromatic N) is 4. The molecule has 18 heteroatoms. The average molecular weight is 772 g/mol. The van der Waals surface area contributed by atoms with Crippen LogP contribution in [0.1, 0.15) is 35.5 Å². The molecule has 3 aromatic heterocycles. The van der Waals surface area contributed by atoms with Crippen LogP contribution in [-0.2, 0) is 49.9 Å². The first kappa shape index (κ1) is 41.5. The van der Waals surface area contributed by atoms with Crippen LogP contribution in [0.15, 0.2) is 67.1 Å². The highest BCUT2D eigenvalue weighted by Gasteiger charge is 2.48. The monoisotopic (exact) mass is 771 g/mol. The Balaban J connectivity index is 1.15. The fourth-order valence-electron chi connectivity index (χ4n) is 7.00. The maximum atomic E-state index is 10.5. The molecule has 3 aliphatic rings. The van der Waals surface area contributed by atoms with Crippen LogP contribution in [0, 0.1) is 0 Å². The Morgan fingerprint density at radius 2 is 1.27 bits per heavy atom. The zero-order valence-corrected chi connectivity index (χ0v) is 30.4. The van der Waals surface area contributed by atoms with E-state index in [0.29, 0.717) is 26.2 Å². The number of nitrogens with one attached hydrogen (secondary N) is 1. The predicted octanol–water partition coefficient (Wildman–Crippen LogP) is -2.40. The highest BCUT2D eigenvalue weighted by Crippen LogP contribution is 2.31. The van der Waals surface area contributed by atoms with Gasteiger partial charge >= 0.3 is 0 Å². The third-order valence-corrected chi connectivity index (χ3v) is 10.1. The Morgan fingerprint density at radius 1 is 0.691 bits per heavy atom. The molecule has 0 aromatic carbocycles. The summed E-state index contributed by atoms with van der Waals surface area (Å²) in [5.41, 5.74) is 15.8. The summed E-state index contributed by atoms with van der Waals surface area (Å²) in [7, 11) is 0. The van der Waals surface area contributed by atoms with E-state index >= 15 is 0 Å². The van der Waals surface area contributed by atoms with E-state index in [-0.39, 0.29) is 12.8 Å². The topological polar surface area (TPSA) is 274 Å². The first-order valence-corrected chi connectivity index (χ1v) is 18.5. The van der Waals surface area contributed by atoms with Gasteiger partial charge in [-0.05, 0) is 48.7 Å². The van der Waals surface area contributed by atoms with Crippen LogP contribution in [0.25, 0.3) is 0 Å². The highest BCUT2D eigenvalue weighted by molar-refractivity contribution is 5.15. The van der Waals surface area contributed by atoms with E-state index in [1.165, 1.54) is 0 Å². The lowest BCUT2D eigenvalue weighted by Crippen LogP contribution is -2.65.